The Morgan fingerprint density at radius 3 is 2.25 bits per heavy atom. The van der Waals surface area contributed by atoms with Crippen LogP contribution in [0, 0.1) is 6.92 Å². The number of sulfonamides is 1. The van der Waals surface area contributed by atoms with Crippen LogP contribution in [0.4, 0.5) is 5.69 Å². The highest BCUT2D eigenvalue weighted by Gasteiger charge is 2.30. The molecule has 0 bridgehead atoms. The topological polar surface area (TPSA) is 37.4 Å². The van der Waals surface area contributed by atoms with Crippen LogP contribution < -0.4 is 4.31 Å². The molecule has 3 nitrogen and oxygen atoms in total. The zero-order valence-electron chi connectivity index (χ0n) is 18.3. The number of anilines is 1. The number of halogens is 1. The predicted molar refractivity (Wildman–Crippen MR) is 134 cm³/mol. The molecule has 0 saturated heterocycles. The third-order valence-corrected chi connectivity index (χ3v) is 7.44. The van der Waals surface area contributed by atoms with Crippen LogP contribution in [0.25, 0.3) is 5.57 Å². The minimum Gasteiger partial charge on any atom is -0.262 e. The van der Waals surface area contributed by atoms with Crippen molar-refractivity contribution < 1.29 is 8.42 Å². The van der Waals surface area contributed by atoms with E-state index in [0.717, 1.165) is 40.7 Å². The number of allylic oxidation sites excluding steroid dienone is 1. The second kappa shape index (κ2) is 8.97. The quantitative estimate of drug-likeness (QED) is 0.353. The third kappa shape index (κ3) is 4.67. The van der Waals surface area contributed by atoms with Crippen LogP contribution in [0.2, 0.25) is 5.02 Å². The lowest BCUT2D eigenvalue weighted by molar-refractivity contribution is 0.592. The minimum atomic E-state index is -3.82. The van der Waals surface area contributed by atoms with Crippen LogP contribution >= 0.6 is 11.6 Å². The van der Waals surface area contributed by atoms with Crippen LogP contribution in [0.15, 0.2) is 95.4 Å². The first-order valence-electron chi connectivity index (χ1n) is 10.6. The molecule has 3 aromatic rings. The summed E-state index contributed by atoms with van der Waals surface area (Å²) in [6.07, 6.45) is 2.00. The fraction of sp³-hybridized carbons (Fsp3) is 0.185. The van der Waals surface area contributed by atoms with Gasteiger partial charge in [0.15, 0.2) is 0 Å². The van der Waals surface area contributed by atoms with Gasteiger partial charge in [-0.2, -0.15) is 0 Å². The number of rotatable bonds is 7. The Bertz CT molecular complexity index is 1290. The molecule has 0 unspecified atom stereocenters. The maximum absolute atomic E-state index is 13.8. The number of nitrogens with zero attached hydrogens (tertiary/aromatic N) is 1. The van der Waals surface area contributed by atoms with E-state index in [9.17, 15) is 8.42 Å². The first-order valence-corrected chi connectivity index (χ1v) is 12.4. The van der Waals surface area contributed by atoms with E-state index < -0.39 is 10.0 Å². The van der Waals surface area contributed by atoms with Gasteiger partial charge < -0.3 is 0 Å². The van der Waals surface area contributed by atoms with Crippen LogP contribution in [0.5, 0.6) is 0 Å². The maximum Gasteiger partial charge on any atom is 0.264 e. The third-order valence-electron chi connectivity index (χ3n) is 5.44. The molecule has 0 N–H and O–H groups in total. The monoisotopic (exact) mass is 463 g/mol. The zero-order chi connectivity index (χ0) is 22.9. The molecule has 1 fully saturated rings. The molecule has 1 aliphatic rings. The molecule has 4 rings (SSSR count). The average Bonchev–Trinajstić information content (AvgIpc) is 3.59. The van der Waals surface area contributed by atoms with Crippen molar-refractivity contribution in [3.63, 3.8) is 0 Å². The molecule has 3 aromatic carbocycles. The second-order valence-corrected chi connectivity index (χ2v) is 10.6. The summed E-state index contributed by atoms with van der Waals surface area (Å²) in [6.45, 7) is 7.95. The first kappa shape index (κ1) is 22.4. The summed E-state index contributed by atoms with van der Waals surface area (Å²) in [7, 11) is -3.82. The summed E-state index contributed by atoms with van der Waals surface area (Å²) in [5.74, 6) is 0. The van der Waals surface area contributed by atoms with Gasteiger partial charge in [0.05, 0.1) is 17.1 Å². The van der Waals surface area contributed by atoms with Gasteiger partial charge in [0.1, 0.15) is 0 Å². The molecular formula is C27H26ClNO2S. The highest BCUT2D eigenvalue weighted by Crippen LogP contribution is 2.44. The molecule has 0 radical (unpaired) electrons. The fourth-order valence-electron chi connectivity index (χ4n) is 3.78. The van der Waals surface area contributed by atoms with E-state index in [2.05, 4.69) is 18.7 Å². The highest BCUT2D eigenvalue weighted by atomic mass is 35.5. The van der Waals surface area contributed by atoms with Gasteiger partial charge in [0.2, 0.25) is 0 Å². The van der Waals surface area contributed by atoms with Crippen molar-refractivity contribution in [2.45, 2.75) is 31.6 Å². The van der Waals surface area contributed by atoms with E-state index in [4.69, 9.17) is 11.6 Å². The standard InChI is InChI=1S/C27H26ClNO2S/c1-19(2)18-29(32(30,31)24-14-9-20(3)10-15-24)26-16-13-23(28)17-25(26)27(22-11-12-22)21-7-5-4-6-8-21/h4-10,13-17H,1,11-12,18H2,2-3H3. The van der Waals surface area contributed by atoms with Crippen molar-refractivity contribution in [3.8, 4) is 0 Å². The molecule has 0 aliphatic heterocycles. The SMILES string of the molecule is C=C(C)CN(c1ccc(Cl)cc1C(=C1CC1)c1ccccc1)S(=O)(=O)c1ccc(C)cc1. The number of hydrogen-bond donors (Lipinski definition) is 0. The lowest BCUT2D eigenvalue weighted by Gasteiger charge is -2.28. The average molecular weight is 464 g/mol. The Labute approximate surface area is 195 Å². The molecule has 0 amide bonds. The Morgan fingerprint density at radius 1 is 1.00 bits per heavy atom. The van der Waals surface area contributed by atoms with E-state index in [0.29, 0.717) is 10.7 Å². The Hall–Kier alpha value is -2.82. The van der Waals surface area contributed by atoms with Gasteiger partial charge in [-0.25, -0.2) is 8.42 Å². The normalized spacial score (nSPS) is 13.0. The van der Waals surface area contributed by atoms with Crippen LogP contribution in [0.3, 0.4) is 0 Å². The van der Waals surface area contributed by atoms with Crippen molar-refractivity contribution in [2.75, 3.05) is 10.8 Å². The van der Waals surface area contributed by atoms with Crippen molar-refractivity contribution in [3.05, 3.63) is 112 Å². The summed E-state index contributed by atoms with van der Waals surface area (Å²) in [5, 5.41) is 0.571. The molecule has 32 heavy (non-hydrogen) atoms. The van der Waals surface area contributed by atoms with Gasteiger partial charge in [-0.3, -0.25) is 4.31 Å². The van der Waals surface area contributed by atoms with Crippen LogP contribution in [0.1, 0.15) is 36.5 Å². The van der Waals surface area contributed by atoms with Crippen LogP contribution in [-0.4, -0.2) is 15.0 Å². The second-order valence-electron chi connectivity index (χ2n) is 8.29. The zero-order valence-corrected chi connectivity index (χ0v) is 19.9. The van der Waals surface area contributed by atoms with Gasteiger partial charge >= 0.3 is 0 Å². The van der Waals surface area contributed by atoms with Gasteiger partial charge in [0, 0.05) is 10.6 Å². The smallest absolute Gasteiger partial charge is 0.262 e. The molecule has 0 aromatic heterocycles. The fourth-order valence-corrected chi connectivity index (χ4v) is 5.49. The molecule has 0 heterocycles. The van der Waals surface area contributed by atoms with Crippen molar-refractivity contribution in [1.82, 2.24) is 0 Å². The summed E-state index contributed by atoms with van der Waals surface area (Å²) >= 11 is 6.42. The van der Waals surface area contributed by atoms with E-state index >= 15 is 0 Å². The molecule has 0 atom stereocenters. The lowest BCUT2D eigenvalue weighted by Crippen LogP contribution is -2.33. The largest absolute Gasteiger partial charge is 0.264 e. The van der Waals surface area contributed by atoms with Gasteiger partial charge in [-0.05, 0) is 68.2 Å². The minimum absolute atomic E-state index is 0.183. The molecule has 1 aliphatic carbocycles. The van der Waals surface area contributed by atoms with Gasteiger partial charge in [-0.15, -0.1) is 0 Å². The molecule has 0 spiro atoms. The van der Waals surface area contributed by atoms with Crippen molar-refractivity contribution in [1.29, 1.82) is 0 Å². The van der Waals surface area contributed by atoms with E-state index in [1.54, 1.807) is 24.3 Å². The molecule has 1 saturated carbocycles. The predicted octanol–water partition coefficient (Wildman–Crippen LogP) is 7.02. The summed E-state index contributed by atoms with van der Waals surface area (Å²) in [6, 6.07) is 22.5. The van der Waals surface area contributed by atoms with Crippen LogP contribution in [-0.2, 0) is 10.0 Å². The Kier molecular flexibility index (Phi) is 6.27. The number of aryl methyl sites for hydroxylation is 1. The Balaban J connectivity index is 1.93. The number of benzene rings is 3. The highest BCUT2D eigenvalue weighted by molar-refractivity contribution is 7.92. The molecule has 164 valence electrons. The number of hydrogen-bond acceptors (Lipinski definition) is 2. The van der Waals surface area contributed by atoms with Gasteiger partial charge in [0.25, 0.3) is 10.0 Å². The van der Waals surface area contributed by atoms with Crippen molar-refractivity contribution in [2.24, 2.45) is 0 Å². The Morgan fingerprint density at radius 2 is 1.66 bits per heavy atom. The lowest BCUT2D eigenvalue weighted by atomic mass is 9.95. The summed E-state index contributed by atoms with van der Waals surface area (Å²) in [4.78, 5) is 0.255. The summed E-state index contributed by atoms with van der Waals surface area (Å²) in [5.41, 5.74) is 6.63. The maximum atomic E-state index is 13.8. The molecular weight excluding hydrogens is 438 g/mol. The first-order chi connectivity index (χ1) is 15.3. The van der Waals surface area contributed by atoms with Crippen molar-refractivity contribution >= 4 is 32.9 Å². The van der Waals surface area contributed by atoms with E-state index in [1.807, 2.05) is 50.2 Å². The molecule has 5 heteroatoms. The summed E-state index contributed by atoms with van der Waals surface area (Å²) < 4.78 is 29.1. The van der Waals surface area contributed by atoms with Gasteiger partial charge in [-0.1, -0.05) is 77.4 Å². The van der Waals surface area contributed by atoms with E-state index in [1.165, 1.54) is 9.88 Å². The van der Waals surface area contributed by atoms with E-state index in [-0.39, 0.29) is 11.4 Å².